The lowest BCUT2D eigenvalue weighted by molar-refractivity contribution is -0.118. The second-order valence-corrected chi connectivity index (χ2v) is 5.67. The molecule has 1 amide bonds. The minimum atomic E-state index is -0.281. The summed E-state index contributed by atoms with van der Waals surface area (Å²) in [5.74, 6) is 0.776. The number of benzene rings is 1. The molecule has 0 spiro atoms. The van der Waals surface area contributed by atoms with Gasteiger partial charge in [-0.3, -0.25) is 4.79 Å². The molecule has 118 valence electrons. The van der Waals surface area contributed by atoms with E-state index >= 15 is 0 Å². The Hall–Kier alpha value is -1.72. The number of hydrogen-bond donors (Lipinski definition) is 1. The lowest BCUT2D eigenvalue weighted by atomic mass is 10.3. The second-order valence-electron chi connectivity index (χ2n) is 4.83. The van der Waals surface area contributed by atoms with Crippen LogP contribution in [0.4, 0.5) is 5.82 Å². The van der Waals surface area contributed by atoms with E-state index in [1.165, 1.54) is 0 Å². The summed E-state index contributed by atoms with van der Waals surface area (Å²) in [6.45, 7) is 3.95. The molecule has 0 unspecified atom stereocenters. The molecule has 0 saturated carbocycles. The first-order valence-corrected chi connectivity index (χ1v) is 7.68. The quantitative estimate of drug-likeness (QED) is 0.857. The highest BCUT2D eigenvalue weighted by Crippen LogP contribution is 2.27. The molecule has 22 heavy (non-hydrogen) atoms. The first-order valence-electron chi connectivity index (χ1n) is 6.92. The van der Waals surface area contributed by atoms with Gasteiger partial charge < -0.3 is 10.1 Å². The average molecular weight is 342 g/mol. The van der Waals surface area contributed by atoms with Gasteiger partial charge in [0.25, 0.3) is 5.91 Å². The molecule has 0 aliphatic heterocycles. The van der Waals surface area contributed by atoms with Crippen molar-refractivity contribution in [1.29, 1.82) is 0 Å². The van der Waals surface area contributed by atoms with Crippen LogP contribution in [0.3, 0.4) is 0 Å². The van der Waals surface area contributed by atoms with E-state index in [0.29, 0.717) is 21.6 Å². The fraction of sp³-hybridized carbons (Fsp3) is 0.333. The third kappa shape index (κ3) is 4.15. The Balaban J connectivity index is 1.95. The molecule has 1 N–H and O–H groups in total. The molecular formula is C15H17Cl2N3O2. The third-order valence-corrected chi connectivity index (χ3v) is 3.73. The molecule has 1 atom stereocenters. The maximum Gasteiger partial charge on any atom is 0.263 e. The Morgan fingerprint density at radius 1 is 1.41 bits per heavy atom. The number of carbonyl (C=O) groups excluding carboxylic acids is 1. The predicted molar refractivity (Wildman–Crippen MR) is 87.8 cm³/mol. The fourth-order valence-corrected chi connectivity index (χ4v) is 2.31. The van der Waals surface area contributed by atoms with Crippen LogP contribution in [0.15, 0.2) is 30.5 Å². The van der Waals surface area contributed by atoms with Gasteiger partial charge in [-0.2, -0.15) is 5.10 Å². The van der Waals surface area contributed by atoms with Crippen LogP contribution in [0, 0.1) is 0 Å². The van der Waals surface area contributed by atoms with Crippen LogP contribution in [-0.2, 0) is 4.79 Å². The van der Waals surface area contributed by atoms with Crippen molar-refractivity contribution in [2.24, 2.45) is 0 Å². The molecule has 5 nitrogen and oxygen atoms in total. The van der Waals surface area contributed by atoms with Gasteiger partial charge in [0, 0.05) is 11.1 Å². The van der Waals surface area contributed by atoms with Gasteiger partial charge in [0.15, 0.2) is 6.61 Å². The Morgan fingerprint density at radius 2 is 2.18 bits per heavy atom. The van der Waals surface area contributed by atoms with E-state index in [0.717, 1.165) is 6.42 Å². The van der Waals surface area contributed by atoms with Crippen LogP contribution < -0.4 is 10.1 Å². The van der Waals surface area contributed by atoms with Gasteiger partial charge in [-0.1, -0.05) is 30.1 Å². The number of ether oxygens (including phenoxy) is 1. The van der Waals surface area contributed by atoms with Gasteiger partial charge in [0.2, 0.25) is 0 Å². The van der Waals surface area contributed by atoms with E-state index in [4.69, 9.17) is 27.9 Å². The molecule has 7 heteroatoms. The molecule has 0 saturated heterocycles. The minimum Gasteiger partial charge on any atom is -0.482 e. The Labute approximate surface area is 139 Å². The Bertz CT molecular complexity index is 658. The van der Waals surface area contributed by atoms with E-state index < -0.39 is 0 Å². The summed E-state index contributed by atoms with van der Waals surface area (Å²) in [7, 11) is 0. The van der Waals surface area contributed by atoms with Gasteiger partial charge in [0.1, 0.15) is 11.6 Å². The Morgan fingerprint density at radius 3 is 2.86 bits per heavy atom. The summed E-state index contributed by atoms with van der Waals surface area (Å²) in [6, 6.07) is 6.80. The number of rotatable bonds is 6. The molecule has 0 radical (unpaired) electrons. The van der Waals surface area contributed by atoms with Crippen LogP contribution in [0.1, 0.15) is 26.3 Å². The number of carbonyl (C=O) groups is 1. The fourth-order valence-electron chi connectivity index (χ4n) is 1.85. The summed E-state index contributed by atoms with van der Waals surface area (Å²) in [5, 5.41) is 7.86. The lowest BCUT2D eigenvalue weighted by Crippen LogP contribution is -2.23. The minimum absolute atomic E-state index is 0.146. The van der Waals surface area contributed by atoms with E-state index in [2.05, 4.69) is 17.3 Å². The zero-order valence-corrected chi connectivity index (χ0v) is 13.9. The van der Waals surface area contributed by atoms with Crippen molar-refractivity contribution in [2.45, 2.75) is 26.3 Å². The molecular weight excluding hydrogens is 325 g/mol. The summed E-state index contributed by atoms with van der Waals surface area (Å²) in [4.78, 5) is 12.0. The van der Waals surface area contributed by atoms with Gasteiger partial charge in [-0.15, -0.1) is 0 Å². The zero-order chi connectivity index (χ0) is 16.1. The molecule has 2 aromatic rings. The van der Waals surface area contributed by atoms with Gasteiger partial charge in [-0.05, 0) is 31.5 Å². The highest BCUT2D eigenvalue weighted by atomic mass is 35.5. The van der Waals surface area contributed by atoms with Crippen molar-refractivity contribution >= 4 is 34.9 Å². The molecule has 1 aromatic carbocycles. The smallest absolute Gasteiger partial charge is 0.263 e. The summed E-state index contributed by atoms with van der Waals surface area (Å²) >= 11 is 11.8. The van der Waals surface area contributed by atoms with Crippen LogP contribution >= 0.6 is 23.2 Å². The molecule has 1 heterocycles. The molecule has 0 aliphatic carbocycles. The van der Waals surface area contributed by atoms with Gasteiger partial charge in [0.05, 0.1) is 17.3 Å². The number of amides is 1. The maximum atomic E-state index is 12.0. The number of nitrogens with zero attached hydrogens (tertiary/aromatic N) is 2. The molecule has 2 rings (SSSR count). The van der Waals surface area contributed by atoms with Crippen molar-refractivity contribution in [1.82, 2.24) is 9.78 Å². The van der Waals surface area contributed by atoms with Crippen LogP contribution in [0.2, 0.25) is 10.0 Å². The summed E-state index contributed by atoms with van der Waals surface area (Å²) < 4.78 is 7.17. The van der Waals surface area contributed by atoms with Crippen molar-refractivity contribution < 1.29 is 9.53 Å². The normalized spacial score (nSPS) is 12.0. The van der Waals surface area contributed by atoms with E-state index in [1.54, 1.807) is 35.1 Å². The average Bonchev–Trinajstić information content (AvgIpc) is 2.93. The van der Waals surface area contributed by atoms with Crippen molar-refractivity contribution in [3.63, 3.8) is 0 Å². The van der Waals surface area contributed by atoms with Crippen molar-refractivity contribution in [2.75, 3.05) is 11.9 Å². The van der Waals surface area contributed by atoms with Crippen molar-refractivity contribution in [3.8, 4) is 5.75 Å². The Kier molecular flexibility index (Phi) is 5.69. The monoisotopic (exact) mass is 341 g/mol. The van der Waals surface area contributed by atoms with E-state index in [-0.39, 0.29) is 18.6 Å². The van der Waals surface area contributed by atoms with Crippen LogP contribution in [-0.4, -0.2) is 22.3 Å². The number of anilines is 1. The first kappa shape index (κ1) is 16.6. The highest BCUT2D eigenvalue weighted by molar-refractivity contribution is 6.35. The SMILES string of the molecule is CC[C@@H](C)n1nccc1NC(=O)COc1ccc(Cl)cc1Cl. The standard InChI is InChI=1S/C15H17Cl2N3O2/c1-3-10(2)20-14(6-7-18-20)19-15(21)9-22-13-5-4-11(16)8-12(13)17/h4-8,10H,3,9H2,1-2H3,(H,19,21)/t10-/m1/s1. The molecule has 0 aliphatic rings. The highest BCUT2D eigenvalue weighted by Gasteiger charge is 2.12. The summed E-state index contributed by atoms with van der Waals surface area (Å²) in [6.07, 6.45) is 2.57. The topological polar surface area (TPSA) is 56.2 Å². The number of aromatic nitrogens is 2. The predicted octanol–water partition coefficient (Wildman–Crippen LogP) is 4.18. The number of nitrogens with one attached hydrogen (secondary N) is 1. The lowest BCUT2D eigenvalue weighted by Gasteiger charge is -2.14. The number of hydrogen-bond acceptors (Lipinski definition) is 3. The van der Waals surface area contributed by atoms with Gasteiger partial charge >= 0.3 is 0 Å². The first-order chi connectivity index (χ1) is 10.5. The van der Waals surface area contributed by atoms with E-state index in [9.17, 15) is 4.79 Å². The summed E-state index contributed by atoms with van der Waals surface area (Å²) in [5.41, 5.74) is 0. The van der Waals surface area contributed by atoms with E-state index in [1.807, 2.05) is 6.92 Å². The largest absolute Gasteiger partial charge is 0.482 e. The second kappa shape index (κ2) is 7.51. The van der Waals surface area contributed by atoms with Gasteiger partial charge in [-0.25, -0.2) is 4.68 Å². The van der Waals surface area contributed by atoms with Crippen LogP contribution in [0.5, 0.6) is 5.75 Å². The molecule has 0 bridgehead atoms. The number of halogens is 2. The molecule has 0 fully saturated rings. The third-order valence-electron chi connectivity index (χ3n) is 3.20. The zero-order valence-electron chi connectivity index (χ0n) is 12.3. The van der Waals surface area contributed by atoms with Crippen molar-refractivity contribution in [3.05, 3.63) is 40.5 Å². The maximum absolute atomic E-state index is 12.0. The van der Waals surface area contributed by atoms with Crippen LogP contribution in [0.25, 0.3) is 0 Å². The molecule has 1 aromatic heterocycles.